The van der Waals surface area contributed by atoms with Crippen LogP contribution < -0.4 is 0 Å². The first kappa shape index (κ1) is 16.6. The Labute approximate surface area is 125 Å². The van der Waals surface area contributed by atoms with Crippen molar-refractivity contribution in [2.75, 3.05) is 7.11 Å². The van der Waals surface area contributed by atoms with Gasteiger partial charge in [-0.3, -0.25) is 4.79 Å². The first-order valence-corrected chi connectivity index (χ1v) is 6.94. The van der Waals surface area contributed by atoms with Crippen LogP contribution in [-0.2, 0) is 16.0 Å². The number of phenolic OH excluding ortho intramolecular Hbond substituents is 1. The van der Waals surface area contributed by atoms with E-state index in [0.29, 0.717) is 30.0 Å². The summed E-state index contributed by atoms with van der Waals surface area (Å²) in [6.45, 7) is 5.70. The highest BCUT2D eigenvalue weighted by Gasteiger charge is 2.10. The number of methoxy groups -OCH3 is 1. The quantitative estimate of drug-likeness (QED) is 0.657. The lowest BCUT2D eigenvalue weighted by Gasteiger charge is -2.10. The first-order valence-electron chi connectivity index (χ1n) is 6.56. The van der Waals surface area contributed by atoms with Crippen molar-refractivity contribution >= 4 is 17.6 Å². The molecule has 1 rings (SSSR count). The maximum Gasteiger partial charge on any atom is 0.305 e. The second kappa shape index (κ2) is 7.34. The summed E-state index contributed by atoms with van der Waals surface area (Å²) in [5, 5.41) is 10.8. The van der Waals surface area contributed by atoms with E-state index < -0.39 is 0 Å². The number of hydrogen-bond acceptors (Lipinski definition) is 3. The largest absolute Gasteiger partial charge is 0.507 e. The SMILES string of the molecule is COC(=O)CC/C(C)=C/Cc1cc(Cl)c(C)c(C)c1O. The van der Waals surface area contributed by atoms with Crippen LogP contribution in [0.25, 0.3) is 0 Å². The lowest BCUT2D eigenvalue weighted by Crippen LogP contribution is -1.99. The van der Waals surface area contributed by atoms with Crippen LogP contribution in [0.4, 0.5) is 0 Å². The average Bonchev–Trinajstić information content (AvgIpc) is 2.44. The number of esters is 1. The van der Waals surface area contributed by atoms with E-state index in [1.165, 1.54) is 7.11 Å². The Morgan fingerprint density at radius 1 is 1.35 bits per heavy atom. The molecular weight excluding hydrogens is 276 g/mol. The second-order valence-electron chi connectivity index (χ2n) is 4.95. The highest BCUT2D eigenvalue weighted by molar-refractivity contribution is 6.31. The number of aromatic hydroxyl groups is 1. The van der Waals surface area contributed by atoms with Gasteiger partial charge in [-0.25, -0.2) is 0 Å². The van der Waals surface area contributed by atoms with Crippen molar-refractivity contribution in [2.24, 2.45) is 0 Å². The molecule has 0 fully saturated rings. The van der Waals surface area contributed by atoms with Crippen LogP contribution in [0.5, 0.6) is 5.75 Å². The fraction of sp³-hybridized carbons (Fsp3) is 0.438. The molecule has 1 N–H and O–H groups in total. The van der Waals surface area contributed by atoms with E-state index in [0.717, 1.165) is 22.3 Å². The van der Waals surface area contributed by atoms with Gasteiger partial charge in [0, 0.05) is 11.4 Å². The predicted octanol–water partition coefficient (Wildman–Crippen LogP) is 4.10. The molecular formula is C16H21ClO3. The monoisotopic (exact) mass is 296 g/mol. The molecule has 0 aliphatic heterocycles. The third kappa shape index (κ3) is 4.27. The van der Waals surface area contributed by atoms with Crippen LogP contribution in [0.15, 0.2) is 17.7 Å². The molecule has 1 aromatic rings. The smallest absolute Gasteiger partial charge is 0.305 e. The molecule has 20 heavy (non-hydrogen) atoms. The molecule has 0 radical (unpaired) electrons. The summed E-state index contributed by atoms with van der Waals surface area (Å²) >= 11 is 6.13. The van der Waals surface area contributed by atoms with Gasteiger partial charge in [0.25, 0.3) is 0 Å². The number of phenols is 1. The number of ether oxygens (including phenoxy) is 1. The van der Waals surface area contributed by atoms with Gasteiger partial charge in [0.1, 0.15) is 5.75 Å². The molecule has 0 unspecified atom stereocenters. The normalized spacial score (nSPS) is 11.6. The first-order chi connectivity index (χ1) is 9.36. The Balaban J connectivity index is 2.77. The Kier molecular flexibility index (Phi) is 6.08. The van der Waals surface area contributed by atoms with Gasteiger partial charge < -0.3 is 9.84 Å². The van der Waals surface area contributed by atoms with Crippen LogP contribution in [0.1, 0.15) is 36.5 Å². The van der Waals surface area contributed by atoms with E-state index in [-0.39, 0.29) is 5.97 Å². The van der Waals surface area contributed by atoms with E-state index in [9.17, 15) is 9.90 Å². The minimum atomic E-state index is -0.213. The van der Waals surface area contributed by atoms with Crippen LogP contribution in [0, 0.1) is 13.8 Å². The number of halogens is 1. The lowest BCUT2D eigenvalue weighted by atomic mass is 10.0. The van der Waals surface area contributed by atoms with Gasteiger partial charge in [0.05, 0.1) is 7.11 Å². The molecule has 0 atom stereocenters. The minimum Gasteiger partial charge on any atom is -0.507 e. The molecule has 0 amide bonds. The zero-order valence-electron chi connectivity index (χ0n) is 12.4. The predicted molar refractivity (Wildman–Crippen MR) is 81.3 cm³/mol. The summed E-state index contributed by atoms with van der Waals surface area (Å²) in [6, 6.07) is 1.79. The number of allylic oxidation sites excluding steroid dienone is 2. The number of carbonyl (C=O) groups excluding carboxylic acids is 1. The topological polar surface area (TPSA) is 46.5 Å². The van der Waals surface area contributed by atoms with Gasteiger partial charge in [-0.2, -0.15) is 0 Å². The Morgan fingerprint density at radius 3 is 2.60 bits per heavy atom. The second-order valence-corrected chi connectivity index (χ2v) is 5.35. The number of rotatable bonds is 5. The number of benzene rings is 1. The molecule has 1 aromatic carbocycles. The summed E-state index contributed by atoms with van der Waals surface area (Å²) in [5.41, 5.74) is 3.60. The molecule has 0 spiro atoms. The zero-order chi connectivity index (χ0) is 15.3. The summed E-state index contributed by atoms with van der Waals surface area (Å²) in [6.07, 6.45) is 3.63. The van der Waals surface area contributed by atoms with Gasteiger partial charge >= 0.3 is 5.97 Å². The van der Waals surface area contributed by atoms with E-state index in [2.05, 4.69) is 4.74 Å². The standard InChI is InChI=1S/C16H21ClO3/c1-10(6-8-15(18)20-4)5-7-13-9-14(17)11(2)12(3)16(13)19/h5,9,19H,6-8H2,1-4H3/b10-5+. The fourth-order valence-electron chi connectivity index (χ4n) is 1.87. The van der Waals surface area contributed by atoms with Crippen molar-refractivity contribution in [3.05, 3.63) is 39.4 Å². The minimum absolute atomic E-state index is 0.213. The summed E-state index contributed by atoms with van der Waals surface area (Å²) in [7, 11) is 1.39. The third-order valence-electron chi connectivity index (χ3n) is 3.50. The fourth-order valence-corrected chi connectivity index (χ4v) is 2.14. The average molecular weight is 297 g/mol. The van der Waals surface area contributed by atoms with Gasteiger partial charge in [-0.15, -0.1) is 0 Å². The highest BCUT2D eigenvalue weighted by atomic mass is 35.5. The number of carbonyl (C=O) groups is 1. The summed E-state index contributed by atoms with van der Waals surface area (Å²) < 4.78 is 4.60. The van der Waals surface area contributed by atoms with Crippen molar-refractivity contribution in [1.82, 2.24) is 0 Å². The van der Waals surface area contributed by atoms with E-state index in [1.54, 1.807) is 6.07 Å². The van der Waals surface area contributed by atoms with E-state index >= 15 is 0 Å². The van der Waals surface area contributed by atoms with Crippen LogP contribution in [-0.4, -0.2) is 18.2 Å². The molecule has 110 valence electrons. The van der Waals surface area contributed by atoms with Crippen LogP contribution >= 0.6 is 11.6 Å². The molecule has 0 aromatic heterocycles. The van der Waals surface area contributed by atoms with Gasteiger partial charge in [-0.1, -0.05) is 23.3 Å². The van der Waals surface area contributed by atoms with Crippen molar-refractivity contribution in [3.8, 4) is 5.75 Å². The molecule has 0 aliphatic rings. The third-order valence-corrected chi connectivity index (χ3v) is 3.90. The molecule has 0 aliphatic carbocycles. The molecule has 0 bridgehead atoms. The van der Waals surface area contributed by atoms with Crippen molar-refractivity contribution in [3.63, 3.8) is 0 Å². The maximum atomic E-state index is 11.1. The van der Waals surface area contributed by atoms with Crippen LogP contribution in [0.3, 0.4) is 0 Å². The van der Waals surface area contributed by atoms with Gasteiger partial charge in [-0.05, 0) is 56.4 Å². The summed E-state index contributed by atoms with van der Waals surface area (Å²) in [4.78, 5) is 11.1. The molecule has 3 nitrogen and oxygen atoms in total. The van der Waals surface area contributed by atoms with Gasteiger partial charge in [0.2, 0.25) is 0 Å². The summed E-state index contributed by atoms with van der Waals surface area (Å²) in [5.74, 6) is 0.0822. The molecule has 0 heterocycles. The van der Waals surface area contributed by atoms with Crippen molar-refractivity contribution in [1.29, 1.82) is 0 Å². The van der Waals surface area contributed by atoms with Gasteiger partial charge in [0.15, 0.2) is 0 Å². The molecule has 0 saturated heterocycles. The Hall–Kier alpha value is -1.48. The van der Waals surface area contributed by atoms with Crippen molar-refractivity contribution < 1.29 is 14.6 Å². The Morgan fingerprint density at radius 2 is 2.00 bits per heavy atom. The molecule has 0 saturated carbocycles. The number of hydrogen-bond donors (Lipinski definition) is 1. The maximum absolute atomic E-state index is 11.1. The van der Waals surface area contributed by atoms with E-state index in [4.69, 9.17) is 11.6 Å². The van der Waals surface area contributed by atoms with Crippen molar-refractivity contribution in [2.45, 2.75) is 40.0 Å². The van der Waals surface area contributed by atoms with E-state index in [1.807, 2.05) is 26.8 Å². The van der Waals surface area contributed by atoms with Crippen LogP contribution in [0.2, 0.25) is 5.02 Å². The highest BCUT2D eigenvalue weighted by Crippen LogP contribution is 2.31. The lowest BCUT2D eigenvalue weighted by molar-refractivity contribution is -0.140. The zero-order valence-corrected chi connectivity index (χ0v) is 13.2. The molecule has 4 heteroatoms. The Bertz CT molecular complexity index is 533.